The van der Waals surface area contributed by atoms with E-state index in [-0.39, 0.29) is 0 Å². The van der Waals surface area contributed by atoms with Crippen molar-refractivity contribution in [2.24, 2.45) is 0 Å². The minimum atomic E-state index is 0.725. The van der Waals surface area contributed by atoms with Gasteiger partial charge in [0.15, 0.2) is 5.65 Å². The standard InChI is InChI=1S/C17H17N3O/c1-21-16-6-2-12(3-7-16)11-20-17-15(10-19-20)8-14(9-18-17)13-4-5-13/h2-3,6-10,13H,4-5,11H2,1H3. The molecule has 4 rings (SSSR count). The van der Waals surface area contributed by atoms with E-state index in [1.165, 1.54) is 24.0 Å². The van der Waals surface area contributed by atoms with Crippen LogP contribution in [0.1, 0.15) is 29.9 Å². The van der Waals surface area contributed by atoms with E-state index < -0.39 is 0 Å². The highest BCUT2D eigenvalue weighted by atomic mass is 16.5. The van der Waals surface area contributed by atoms with E-state index in [2.05, 4.69) is 28.3 Å². The third-order valence-electron chi connectivity index (χ3n) is 4.04. The SMILES string of the molecule is COc1ccc(Cn2ncc3cc(C4CC4)cnc32)cc1. The monoisotopic (exact) mass is 279 g/mol. The molecule has 1 saturated carbocycles. The van der Waals surface area contributed by atoms with Gasteiger partial charge in [-0.25, -0.2) is 9.67 Å². The number of ether oxygens (including phenoxy) is 1. The summed E-state index contributed by atoms with van der Waals surface area (Å²) in [6, 6.07) is 10.3. The van der Waals surface area contributed by atoms with Crippen LogP contribution in [0.2, 0.25) is 0 Å². The van der Waals surface area contributed by atoms with Crippen LogP contribution >= 0.6 is 0 Å². The van der Waals surface area contributed by atoms with E-state index in [4.69, 9.17) is 4.74 Å². The lowest BCUT2D eigenvalue weighted by atomic mass is 10.1. The van der Waals surface area contributed by atoms with Crippen LogP contribution < -0.4 is 4.74 Å². The maximum absolute atomic E-state index is 5.18. The van der Waals surface area contributed by atoms with Gasteiger partial charge >= 0.3 is 0 Å². The number of aromatic nitrogens is 3. The fourth-order valence-corrected chi connectivity index (χ4v) is 2.65. The molecule has 0 saturated heterocycles. The fraction of sp³-hybridized carbons (Fsp3) is 0.294. The zero-order valence-electron chi connectivity index (χ0n) is 12.0. The molecule has 3 aromatic rings. The van der Waals surface area contributed by atoms with E-state index in [0.717, 1.165) is 29.2 Å². The molecule has 1 fully saturated rings. The van der Waals surface area contributed by atoms with Crippen LogP contribution in [-0.2, 0) is 6.54 Å². The minimum Gasteiger partial charge on any atom is -0.497 e. The Kier molecular flexibility index (Phi) is 2.88. The Bertz CT molecular complexity index is 772. The Morgan fingerprint density at radius 3 is 2.71 bits per heavy atom. The van der Waals surface area contributed by atoms with E-state index >= 15 is 0 Å². The summed E-state index contributed by atoms with van der Waals surface area (Å²) < 4.78 is 7.13. The molecule has 0 spiro atoms. The Hall–Kier alpha value is -2.36. The molecule has 4 nitrogen and oxygen atoms in total. The maximum Gasteiger partial charge on any atom is 0.158 e. The molecule has 0 N–H and O–H groups in total. The van der Waals surface area contributed by atoms with Crippen molar-refractivity contribution >= 4 is 11.0 Å². The summed E-state index contributed by atoms with van der Waals surface area (Å²) in [4.78, 5) is 4.61. The summed E-state index contributed by atoms with van der Waals surface area (Å²) in [5.41, 5.74) is 3.50. The first-order valence-electron chi connectivity index (χ1n) is 7.28. The largest absolute Gasteiger partial charge is 0.497 e. The van der Waals surface area contributed by atoms with Crippen molar-refractivity contribution in [2.75, 3.05) is 7.11 Å². The molecule has 0 aliphatic heterocycles. The molecule has 1 aromatic carbocycles. The van der Waals surface area contributed by atoms with Gasteiger partial charge in [0.2, 0.25) is 0 Å². The molecule has 0 amide bonds. The van der Waals surface area contributed by atoms with Crippen LogP contribution in [0.3, 0.4) is 0 Å². The second-order valence-electron chi connectivity index (χ2n) is 5.61. The molecule has 2 aromatic heterocycles. The third-order valence-corrected chi connectivity index (χ3v) is 4.04. The van der Waals surface area contributed by atoms with Gasteiger partial charge in [0.25, 0.3) is 0 Å². The molecule has 21 heavy (non-hydrogen) atoms. The smallest absolute Gasteiger partial charge is 0.158 e. The van der Waals surface area contributed by atoms with Crippen molar-refractivity contribution in [3.05, 3.63) is 53.9 Å². The summed E-state index contributed by atoms with van der Waals surface area (Å²) in [5, 5.41) is 5.61. The van der Waals surface area contributed by atoms with Crippen molar-refractivity contribution in [1.29, 1.82) is 0 Å². The number of hydrogen-bond donors (Lipinski definition) is 0. The predicted octanol–water partition coefficient (Wildman–Crippen LogP) is 3.37. The maximum atomic E-state index is 5.18. The number of methoxy groups -OCH3 is 1. The Morgan fingerprint density at radius 2 is 2.00 bits per heavy atom. The summed E-state index contributed by atoms with van der Waals surface area (Å²) in [7, 11) is 1.68. The normalized spacial score (nSPS) is 14.5. The van der Waals surface area contributed by atoms with E-state index in [1.54, 1.807) is 7.11 Å². The van der Waals surface area contributed by atoms with Crippen molar-refractivity contribution in [2.45, 2.75) is 25.3 Å². The van der Waals surface area contributed by atoms with Crippen molar-refractivity contribution < 1.29 is 4.74 Å². The first-order chi connectivity index (χ1) is 10.3. The minimum absolute atomic E-state index is 0.725. The highest BCUT2D eigenvalue weighted by Gasteiger charge is 2.24. The number of benzene rings is 1. The highest BCUT2D eigenvalue weighted by Crippen LogP contribution is 2.40. The van der Waals surface area contributed by atoms with E-state index in [9.17, 15) is 0 Å². The van der Waals surface area contributed by atoms with Crippen LogP contribution in [0, 0.1) is 0 Å². The first kappa shape index (κ1) is 12.4. The molecule has 0 unspecified atom stereocenters. The van der Waals surface area contributed by atoms with Crippen LogP contribution in [0.15, 0.2) is 42.7 Å². The summed E-state index contributed by atoms with van der Waals surface area (Å²) in [6.07, 6.45) is 6.52. The van der Waals surface area contributed by atoms with Gasteiger partial charge in [-0.2, -0.15) is 5.10 Å². The van der Waals surface area contributed by atoms with Gasteiger partial charge in [0, 0.05) is 11.6 Å². The van der Waals surface area contributed by atoms with Gasteiger partial charge in [0.1, 0.15) is 5.75 Å². The number of pyridine rings is 1. The summed E-state index contributed by atoms with van der Waals surface area (Å²) in [5.74, 6) is 1.60. The molecule has 0 bridgehead atoms. The molecule has 1 aliphatic carbocycles. The number of hydrogen-bond acceptors (Lipinski definition) is 3. The highest BCUT2D eigenvalue weighted by molar-refractivity contribution is 5.75. The van der Waals surface area contributed by atoms with E-state index in [0.29, 0.717) is 0 Å². The van der Waals surface area contributed by atoms with Crippen LogP contribution in [-0.4, -0.2) is 21.9 Å². The molecule has 106 valence electrons. The second kappa shape index (κ2) is 4.88. The Labute approximate surface area is 123 Å². The number of fused-ring (bicyclic) bond motifs is 1. The van der Waals surface area contributed by atoms with Gasteiger partial charge in [0.05, 0.1) is 19.9 Å². The zero-order valence-corrected chi connectivity index (χ0v) is 12.0. The second-order valence-corrected chi connectivity index (χ2v) is 5.61. The van der Waals surface area contributed by atoms with Gasteiger partial charge in [-0.3, -0.25) is 0 Å². The van der Waals surface area contributed by atoms with E-state index in [1.807, 2.05) is 29.2 Å². The topological polar surface area (TPSA) is 39.9 Å². The first-order valence-corrected chi connectivity index (χ1v) is 7.28. The fourth-order valence-electron chi connectivity index (χ4n) is 2.65. The number of nitrogens with zero attached hydrogens (tertiary/aromatic N) is 3. The molecule has 0 atom stereocenters. The lowest BCUT2D eigenvalue weighted by Gasteiger charge is -2.05. The quantitative estimate of drug-likeness (QED) is 0.735. The Balaban J connectivity index is 1.63. The predicted molar refractivity (Wildman–Crippen MR) is 81.6 cm³/mol. The van der Waals surface area contributed by atoms with Gasteiger partial charge in [-0.15, -0.1) is 0 Å². The molecule has 4 heteroatoms. The van der Waals surface area contributed by atoms with Crippen LogP contribution in [0.5, 0.6) is 5.75 Å². The lowest BCUT2D eigenvalue weighted by molar-refractivity contribution is 0.414. The van der Waals surface area contributed by atoms with Crippen molar-refractivity contribution in [1.82, 2.24) is 14.8 Å². The summed E-state index contributed by atoms with van der Waals surface area (Å²) in [6.45, 7) is 0.725. The lowest BCUT2D eigenvalue weighted by Crippen LogP contribution is -2.02. The van der Waals surface area contributed by atoms with Crippen molar-refractivity contribution in [3.63, 3.8) is 0 Å². The van der Waals surface area contributed by atoms with Crippen LogP contribution in [0.25, 0.3) is 11.0 Å². The zero-order chi connectivity index (χ0) is 14.2. The molecule has 1 aliphatic rings. The van der Waals surface area contributed by atoms with Crippen LogP contribution in [0.4, 0.5) is 0 Å². The average molecular weight is 279 g/mol. The number of rotatable bonds is 4. The Morgan fingerprint density at radius 1 is 1.19 bits per heavy atom. The molecular formula is C17H17N3O. The average Bonchev–Trinajstić information content (AvgIpc) is 3.31. The third kappa shape index (κ3) is 2.37. The van der Waals surface area contributed by atoms with Gasteiger partial charge in [-0.05, 0) is 48.1 Å². The molecular weight excluding hydrogens is 262 g/mol. The molecule has 2 heterocycles. The summed E-state index contributed by atoms with van der Waals surface area (Å²) >= 11 is 0. The molecule has 0 radical (unpaired) electrons. The van der Waals surface area contributed by atoms with Crippen molar-refractivity contribution in [3.8, 4) is 5.75 Å². The van der Waals surface area contributed by atoms with Gasteiger partial charge in [-0.1, -0.05) is 12.1 Å². The van der Waals surface area contributed by atoms with Gasteiger partial charge < -0.3 is 4.74 Å².